The van der Waals surface area contributed by atoms with E-state index in [0.717, 1.165) is 13.1 Å². The summed E-state index contributed by atoms with van der Waals surface area (Å²) in [5, 5.41) is 11.7. The first-order chi connectivity index (χ1) is 6.45. The summed E-state index contributed by atoms with van der Waals surface area (Å²) < 4.78 is 0. The fraction of sp³-hybridized carbons (Fsp3) is 0.400. The predicted octanol–water partition coefficient (Wildman–Crippen LogP) is 2.03. The lowest BCUT2D eigenvalue weighted by Crippen LogP contribution is -2.29. The Morgan fingerprint density at radius 1 is 1.31 bits per heavy atom. The number of hydrogen-bond donors (Lipinski definition) is 1. The zero-order chi connectivity index (χ0) is 8.67. The lowest BCUT2D eigenvalue weighted by atomic mass is 9.88. The Morgan fingerprint density at radius 3 is 3.23 bits per heavy atom. The Morgan fingerprint density at radius 2 is 2.23 bits per heavy atom. The van der Waals surface area contributed by atoms with Crippen molar-refractivity contribution < 1.29 is 0 Å². The molecular weight excluding hydrogens is 162 g/mol. The van der Waals surface area contributed by atoms with E-state index in [2.05, 4.69) is 39.8 Å². The van der Waals surface area contributed by atoms with Gasteiger partial charge in [0.15, 0.2) is 0 Å². The molecule has 0 saturated heterocycles. The molecule has 13 heavy (non-hydrogen) atoms. The molecule has 2 aliphatic heterocycles. The fourth-order valence-electron chi connectivity index (χ4n) is 2.13. The molecule has 3 nitrogen and oxygen atoms in total. The Labute approximate surface area is 76.9 Å². The molecule has 0 radical (unpaired) electrons. The van der Waals surface area contributed by atoms with Gasteiger partial charge in [0.2, 0.25) is 0 Å². The van der Waals surface area contributed by atoms with Crippen molar-refractivity contribution in [3.8, 4) is 0 Å². The Hall–Kier alpha value is -1.38. The summed E-state index contributed by atoms with van der Waals surface area (Å²) in [6, 6.07) is 8.82. The third kappa shape index (κ3) is 0.963. The van der Waals surface area contributed by atoms with Crippen molar-refractivity contribution in [1.29, 1.82) is 0 Å². The molecule has 0 spiro atoms. The number of anilines is 1. The molecule has 0 fully saturated rings. The molecule has 2 heterocycles. The number of azo groups is 1. The van der Waals surface area contributed by atoms with Crippen LogP contribution in [0.15, 0.2) is 34.5 Å². The van der Waals surface area contributed by atoms with Gasteiger partial charge in [0, 0.05) is 18.2 Å². The van der Waals surface area contributed by atoms with E-state index in [9.17, 15) is 0 Å². The van der Waals surface area contributed by atoms with Gasteiger partial charge < -0.3 is 5.32 Å². The second kappa shape index (κ2) is 2.55. The first kappa shape index (κ1) is 7.06. The van der Waals surface area contributed by atoms with Crippen LogP contribution in [0.4, 0.5) is 5.69 Å². The molecule has 66 valence electrons. The first-order valence-electron chi connectivity index (χ1n) is 4.64. The molecule has 0 bridgehead atoms. The van der Waals surface area contributed by atoms with Crippen molar-refractivity contribution in [2.75, 3.05) is 18.4 Å². The molecule has 3 heteroatoms. The molecule has 0 saturated carbocycles. The number of nitrogens with one attached hydrogen (secondary N) is 1. The zero-order valence-electron chi connectivity index (χ0n) is 7.27. The van der Waals surface area contributed by atoms with Crippen molar-refractivity contribution in [2.24, 2.45) is 10.2 Å². The molecule has 0 amide bonds. The fourth-order valence-corrected chi connectivity index (χ4v) is 2.13. The molecule has 1 N–H and O–H groups in total. The lowest BCUT2D eigenvalue weighted by Gasteiger charge is -2.26. The van der Waals surface area contributed by atoms with E-state index < -0.39 is 0 Å². The Bertz CT molecular complexity index is 359. The maximum atomic E-state index is 4.22. The number of rotatable bonds is 0. The van der Waals surface area contributed by atoms with Gasteiger partial charge in [-0.1, -0.05) is 18.2 Å². The number of nitrogens with zero attached hydrogens (tertiary/aromatic N) is 2. The lowest BCUT2D eigenvalue weighted by molar-refractivity contribution is 0.606. The van der Waals surface area contributed by atoms with Crippen LogP contribution in [0.3, 0.4) is 0 Å². The summed E-state index contributed by atoms with van der Waals surface area (Å²) in [4.78, 5) is 0. The number of benzene rings is 1. The normalized spacial score (nSPS) is 29.2. The molecule has 2 aliphatic rings. The molecule has 3 rings (SSSR count). The Balaban J connectivity index is 2.08. The van der Waals surface area contributed by atoms with Gasteiger partial charge in [-0.2, -0.15) is 10.2 Å². The average Bonchev–Trinajstić information content (AvgIpc) is 2.65. The van der Waals surface area contributed by atoms with E-state index in [0.29, 0.717) is 12.0 Å². The summed E-state index contributed by atoms with van der Waals surface area (Å²) >= 11 is 0. The van der Waals surface area contributed by atoms with E-state index in [1.165, 1.54) is 11.3 Å². The van der Waals surface area contributed by atoms with Crippen molar-refractivity contribution in [3.63, 3.8) is 0 Å². The van der Waals surface area contributed by atoms with Gasteiger partial charge in [0.1, 0.15) is 0 Å². The highest BCUT2D eigenvalue weighted by atomic mass is 15.2. The quantitative estimate of drug-likeness (QED) is 0.640. The van der Waals surface area contributed by atoms with Gasteiger partial charge in [-0.05, 0) is 11.6 Å². The topological polar surface area (TPSA) is 36.8 Å². The van der Waals surface area contributed by atoms with Crippen molar-refractivity contribution in [2.45, 2.75) is 12.0 Å². The van der Waals surface area contributed by atoms with Crippen molar-refractivity contribution in [1.82, 2.24) is 0 Å². The van der Waals surface area contributed by atoms with Gasteiger partial charge in [-0.25, -0.2) is 0 Å². The first-order valence-corrected chi connectivity index (χ1v) is 4.64. The van der Waals surface area contributed by atoms with E-state index in [1.54, 1.807) is 0 Å². The maximum absolute atomic E-state index is 4.22. The van der Waals surface area contributed by atoms with Gasteiger partial charge in [-0.15, -0.1) is 0 Å². The smallest absolute Gasteiger partial charge is 0.0967 e. The average molecular weight is 173 g/mol. The summed E-state index contributed by atoms with van der Waals surface area (Å²) in [6.45, 7) is 1.80. The molecule has 1 aromatic rings. The van der Waals surface area contributed by atoms with Crippen molar-refractivity contribution >= 4 is 5.69 Å². The van der Waals surface area contributed by atoms with Crippen LogP contribution in [0.5, 0.6) is 0 Å². The SMILES string of the molecule is c1ccc2c(c1)NCC1N=NCC21. The van der Waals surface area contributed by atoms with E-state index in [4.69, 9.17) is 0 Å². The van der Waals surface area contributed by atoms with Crippen LogP contribution in [-0.4, -0.2) is 19.1 Å². The highest BCUT2D eigenvalue weighted by Gasteiger charge is 2.32. The summed E-state index contributed by atoms with van der Waals surface area (Å²) in [5.41, 5.74) is 2.64. The predicted molar refractivity (Wildman–Crippen MR) is 51.2 cm³/mol. The molecule has 0 aliphatic carbocycles. The van der Waals surface area contributed by atoms with Crippen LogP contribution >= 0.6 is 0 Å². The van der Waals surface area contributed by atoms with Gasteiger partial charge in [-0.3, -0.25) is 0 Å². The van der Waals surface area contributed by atoms with Crippen LogP contribution in [0.25, 0.3) is 0 Å². The molecule has 2 atom stereocenters. The second-order valence-corrected chi connectivity index (χ2v) is 3.58. The molecule has 0 aromatic heterocycles. The minimum absolute atomic E-state index is 0.370. The third-order valence-electron chi connectivity index (χ3n) is 2.83. The van der Waals surface area contributed by atoms with Gasteiger partial charge >= 0.3 is 0 Å². The van der Waals surface area contributed by atoms with Crippen molar-refractivity contribution in [3.05, 3.63) is 29.8 Å². The number of para-hydroxylation sites is 1. The summed E-state index contributed by atoms with van der Waals surface area (Å²) in [5.74, 6) is 0.525. The molecule has 1 aromatic carbocycles. The van der Waals surface area contributed by atoms with Crippen LogP contribution in [0.1, 0.15) is 11.5 Å². The van der Waals surface area contributed by atoms with Crippen LogP contribution < -0.4 is 5.32 Å². The van der Waals surface area contributed by atoms with E-state index in [-0.39, 0.29) is 0 Å². The third-order valence-corrected chi connectivity index (χ3v) is 2.83. The maximum Gasteiger partial charge on any atom is 0.0967 e. The Kier molecular flexibility index (Phi) is 1.39. The van der Waals surface area contributed by atoms with Gasteiger partial charge in [0.05, 0.1) is 12.6 Å². The van der Waals surface area contributed by atoms with Crippen LogP contribution in [0.2, 0.25) is 0 Å². The van der Waals surface area contributed by atoms with Crippen LogP contribution in [0, 0.1) is 0 Å². The molecule has 2 unspecified atom stereocenters. The number of hydrogen-bond acceptors (Lipinski definition) is 3. The van der Waals surface area contributed by atoms with Crippen LogP contribution in [-0.2, 0) is 0 Å². The van der Waals surface area contributed by atoms with E-state index >= 15 is 0 Å². The molecular formula is C10H11N3. The standard InChI is InChI=1S/C10H11N3/c1-2-4-9-7(3-1)8-5-12-13-10(8)6-11-9/h1-4,8,10-11H,5-6H2. The van der Waals surface area contributed by atoms with Gasteiger partial charge in [0.25, 0.3) is 0 Å². The highest BCUT2D eigenvalue weighted by Crippen LogP contribution is 2.36. The summed E-state index contributed by atoms with van der Waals surface area (Å²) in [6.07, 6.45) is 0. The minimum Gasteiger partial charge on any atom is -0.383 e. The monoisotopic (exact) mass is 173 g/mol. The highest BCUT2D eigenvalue weighted by molar-refractivity contribution is 5.56. The summed E-state index contributed by atoms with van der Waals surface area (Å²) in [7, 11) is 0. The number of fused-ring (bicyclic) bond motifs is 3. The zero-order valence-corrected chi connectivity index (χ0v) is 7.27. The second-order valence-electron chi connectivity index (χ2n) is 3.58. The van der Waals surface area contributed by atoms with E-state index in [1.807, 2.05) is 0 Å². The largest absolute Gasteiger partial charge is 0.383 e. The minimum atomic E-state index is 0.370.